The molecular weight excluding hydrogens is 274 g/mol. The van der Waals surface area contributed by atoms with Crippen LogP contribution in [0.5, 0.6) is 0 Å². The predicted molar refractivity (Wildman–Crippen MR) is 77.2 cm³/mol. The van der Waals surface area contributed by atoms with Crippen LogP contribution in [-0.2, 0) is 13.0 Å². The maximum atomic E-state index is 11.0. The third kappa shape index (κ3) is 2.30. The smallest absolute Gasteiger partial charge is 0.335 e. The molecule has 1 N–H and O–H groups in total. The van der Waals surface area contributed by atoms with Gasteiger partial charge in [0.25, 0.3) is 0 Å². The Kier molecular flexibility index (Phi) is 3.23. The van der Waals surface area contributed by atoms with Gasteiger partial charge in [-0.25, -0.2) is 14.8 Å². The highest BCUT2D eigenvalue weighted by atomic mass is 32.1. The van der Waals surface area contributed by atoms with Crippen LogP contribution in [0.1, 0.15) is 21.9 Å². The molecule has 0 aliphatic carbocycles. The van der Waals surface area contributed by atoms with Crippen molar-refractivity contribution in [2.24, 2.45) is 0 Å². The molecular formula is C14H13N3O2S. The van der Waals surface area contributed by atoms with Gasteiger partial charge in [-0.05, 0) is 25.1 Å². The second-order valence-electron chi connectivity index (χ2n) is 4.55. The number of hydrogen-bond acceptors (Lipinski definition) is 4. The lowest BCUT2D eigenvalue weighted by atomic mass is 10.2. The zero-order chi connectivity index (χ0) is 14.1. The minimum atomic E-state index is -0.929. The summed E-state index contributed by atoms with van der Waals surface area (Å²) in [5, 5.41) is 11.0. The average molecular weight is 287 g/mol. The first-order valence-electron chi connectivity index (χ1n) is 6.22. The van der Waals surface area contributed by atoms with Crippen molar-refractivity contribution in [3.05, 3.63) is 46.2 Å². The first-order valence-corrected chi connectivity index (χ1v) is 7.16. The van der Waals surface area contributed by atoms with Crippen molar-refractivity contribution >= 4 is 28.3 Å². The van der Waals surface area contributed by atoms with E-state index in [0.717, 1.165) is 35.5 Å². The quantitative estimate of drug-likeness (QED) is 0.801. The van der Waals surface area contributed by atoms with E-state index in [1.54, 1.807) is 23.5 Å². The van der Waals surface area contributed by atoms with Crippen molar-refractivity contribution in [3.8, 4) is 0 Å². The fourth-order valence-electron chi connectivity index (χ4n) is 2.25. The molecule has 6 heteroatoms. The number of fused-ring (bicyclic) bond motifs is 1. The Morgan fingerprint density at radius 1 is 1.45 bits per heavy atom. The molecule has 0 unspecified atom stereocenters. The molecule has 0 saturated carbocycles. The van der Waals surface area contributed by atoms with Gasteiger partial charge in [-0.2, -0.15) is 0 Å². The minimum absolute atomic E-state index is 0.265. The van der Waals surface area contributed by atoms with Crippen LogP contribution in [0.2, 0.25) is 0 Å². The minimum Gasteiger partial charge on any atom is -0.478 e. The average Bonchev–Trinajstić information content (AvgIpc) is 3.02. The molecule has 3 rings (SSSR count). The maximum Gasteiger partial charge on any atom is 0.335 e. The highest BCUT2D eigenvalue weighted by Gasteiger charge is 2.11. The molecule has 5 nitrogen and oxygen atoms in total. The molecule has 0 amide bonds. The topological polar surface area (TPSA) is 68.0 Å². The van der Waals surface area contributed by atoms with Gasteiger partial charge in [-0.3, -0.25) is 0 Å². The zero-order valence-corrected chi connectivity index (χ0v) is 11.7. The molecule has 0 radical (unpaired) electrons. The van der Waals surface area contributed by atoms with Crippen molar-refractivity contribution in [2.45, 2.75) is 19.9 Å². The van der Waals surface area contributed by atoms with Crippen molar-refractivity contribution in [2.75, 3.05) is 0 Å². The lowest BCUT2D eigenvalue weighted by molar-refractivity contribution is 0.0697. The standard InChI is InChI=1S/C14H13N3O2S/c1-9-16-12-6-10(14(18)19)2-3-13(12)17(9)5-4-11-7-20-8-15-11/h2-3,6-8H,4-5H2,1H3,(H,18,19). The SMILES string of the molecule is Cc1nc2cc(C(=O)O)ccc2n1CCc1cscn1. The fraction of sp³-hybridized carbons (Fsp3) is 0.214. The van der Waals surface area contributed by atoms with Crippen LogP contribution < -0.4 is 0 Å². The lowest BCUT2D eigenvalue weighted by Crippen LogP contribution is -2.03. The summed E-state index contributed by atoms with van der Waals surface area (Å²) in [6.07, 6.45) is 0.844. The van der Waals surface area contributed by atoms with Crippen molar-refractivity contribution in [1.29, 1.82) is 0 Å². The van der Waals surface area contributed by atoms with Crippen LogP contribution in [0.4, 0.5) is 0 Å². The van der Waals surface area contributed by atoms with Crippen molar-refractivity contribution in [1.82, 2.24) is 14.5 Å². The summed E-state index contributed by atoms with van der Waals surface area (Å²) in [5.41, 5.74) is 4.84. The highest BCUT2D eigenvalue weighted by Crippen LogP contribution is 2.18. The summed E-state index contributed by atoms with van der Waals surface area (Å²) in [6, 6.07) is 5.05. The first-order chi connectivity index (χ1) is 9.65. The zero-order valence-electron chi connectivity index (χ0n) is 10.9. The van der Waals surface area contributed by atoms with Crippen molar-refractivity contribution < 1.29 is 9.90 Å². The summed E-state index contributed by atoms with van der Waals surface area (Å²) in [4.78, 5) is 19.7. The van der Waals surface area contributed by atoms with Gasteiger partial charge < -0.3 is 9.67 Å². The summed E-state index contributed by atoms with van der Waals surface area (Å²) in [5.74, 6) is -0.0423. The first kappa shape index (κ1) is 12.8. The molecule has 102 valence electrons. The van der Waals surface area contributed by atoms with E-state index in [4.69, 9.17) is 5.11 Å². The molecule has 0 spiro atoms. The van der Waals surface area contributed by atoms with E-state index >= 15 is 0 Å². The van der Waals surface area contributed by atoms with Gasteiger partial charge in [-0.1, -0.05) is 0 Å². The maximum absolute atomic E-state index is 11.0. The number of carboxylic acids is 1. The number of aromatic nitrogens is 3. The summed E-state index contributed by atoms with van der Waals surface area (Å²) in [7, 11) is 0. The van der Waals surface area contributed by atoms with E-state index in [9.17, 15) is 4.79 Å². The number of carbonyl (C=O) groups is 1. The molecule has 2 heterocycles. The number of imidazole rings is 1. The molecule has 2 aromatic heterocycles. The number of aromatic carboxylic acids is 1. The van der Waals surface area contributed by atoms with Gasteiger partial charge in [0.2, 0.25) is 0 Å². The molecule has 0 saturated heterocycles. The van der Waals surface area contributed by atoms with Crippen LogP contribution in [-0.4, -0.2) is 25.6 Å². The Morgan fingerprint density at radius 3 is 3.00 bits per heavy atom. The summed E-state index contributed by atoms with van der Waals surface area (Å²) >= 11 is 1.59. The normalized spacial score (nSPS) is 11.1. The second kappa shape index (κ2) is 5.05. The molecule has 3 aromatic rings. The van der Waals surface area contributed by atoms with Crippen LogP contribution in [0.3, 0.4) is 0 Å². The van der Waals surface area contributed by atoms with Crippen LogP contribution in [0.15, 0.2) is 29.1 Å². The van der Waals surface area contributed by atoms with E-state index in [2.05, 4.69) is 14.5 Å². The number of hydrogen-bond donors (Lipinski definition) is 1. The number of carboxylic acid groups (broad SMARTS) is 1. The highest BCUT2D eigenvalue weighted by molar-refractivity contribution is 7.07. The van der Waals surface area contributed by atoms with Gasteiger partial charge in [0, 0.05) is 18.3 Å². The third-order valence-corrected chi connectivity index (χ3v) is 3.90. The van der Waals surface area contributed by atoms with Crippen LogP contribution >= 0.6 is 11.3 Å². The monoisotopic (exact) mass is 287 g/mol. The molecule has 0 bridgehead atoms. The van der Waals surface area contributed by atoms with E-state index < -0.39 is 5.97 Å². The largest absolute Gasteiger partial charge is 0.478 e. The van der Waals surface area contributed by atoms with E-state index in [1.165, 1.54) is 0 Å². The second-order valence-corrected chi connectivity index (χ2v) is 5.27. The van der Waals surface area contributed by atoms with Gasteiger partial charge in [0.15, 0.2) is 0 Å². The Bertz CT molecular complexity index is 762. The Labute approximate surface area is 119 Å². The molecule has 0 atom stereocenters. The third-order valence-electron chi connectivity index (χ3n) is 3.26. The number of nitrogens with zero attached hydrogens (tertiary/aromatic N) is 3. The lowest BCUT2D eigenvalue weighted by Gasteiger charge is -2.05. The van der Waals surface area contributed by atoms with Gasteiger partial charge in [-0.15, -0.1) is 11.3 Å². The summed E-state index contributed by atoms with van der Waals surface area (Å²) < 4.78 is 2.10. The van der Waals surface area contributed by atoms with Gasteiger partial charge >= 0.3 is 5.97 Å². The van der Waals surface area contributed by atoms with Crippen LogP contribution in [0.25, 0.3) is 11.0 Å². The molecule has 0 aliphatic heterocycles. The van der Waals surface area contributed by atoms with Crippen LogP contribution in [0, 0.1) is 6.92 Å². The Balaban J connectivity index is 1.94. The number of aryl methyl sites for hydroxylation is 3. The van der Waals surface area contributed by atoms with Gasteiger partial charge in [0.1, 0.15) is 5.82 Å². The van der Waals surface area contributed by atoms with Gasteiger partial charge in [0.05, 0.1) is 27.8 Å². The number of rotatable bonds is 4. The van der Waals surface area contributed by atoms with E-state index in [1.807, 2.05) is 23.9 Å². The summed E-state index contributed by atoms with van der Waals surface area (Å²) in [6.45, 7) is 2.72. The Morgan fingerprint density at radius 2 is 2.30 bits per heavy atom. The predicted octanol–water partition coefficient (Wildman–Crippen LogP) is 2.74. The Hall–Kier alpha value is -2.21. The number of benzene rings is 1. The van der Waals surface area contributed by atoms with E-state index in [0.29, 0.717) is 0 Å². The molecule has 1 aromatic carbocycles. The van der Waals surface area contributed by atoms with Crippen molar-refractivity contribution in [3.63, 3.8) is 0 Å². The fourth-order valence-corrected chi connectivity index (χ4v) is 2.85. The number of thiazole rings is 1. The molecule has 20 heavy (non-hydrogen) atoms. The van der Waals surface area contributed by atoms with E-state index in [-0.39, 0.29) is 5.56 Å². The molecule has 0 fully saturated rings. The molecule has 0 aliphatic rings.